The molecule has 2 aromatic rings. The summed E-state index contributed by atoms with van der Waals surface area (Å²) in [6.07, 6.45) is 0.439. The molecular weight excluding hydrogens is 332 g/mol. The van der Waals surface area contributed by atoms with Gasteiger partial charge >= 0.3 is 5.97 Å². The fraction of sp³-hybridized carbons (Fsp3) is 0.250. The van der Waals surface area contributed by atoms with Crippen molar-refractivity contribution in [2.45, 2.75) is 19.4 Å². The Labute approximate surface area is 151 Å². The fourth-order valence-electron chi connectivity index (χ4n) is 3.23. The van der Waals surface area contributed by atoms with Crippen LogP contribution >= 0.6 is 0 Å². The van der Waals surface area contributed by atoms with Gasteiger partial charge in [-0.2, -0.15) is 0 Å². The Hall–Kier alpha value is -3.15. The second-order valence-electron chi connectivity index (χ2n) is 5.96. The third-order valence-corrected chi connectivity index (χ3v) is 4.41. The number of ether oxygens (including phenoxy) is 1. The van der Waals surface area contributed by atoms with Crippen LogP contribution in [0, 0.1) is 0 Å². The van der Waals surface area contributed by atoms with Crippen LogP contribution in [0.4, 0.5) is 5.69 Å². The molecule has 0 fully saturated rings. The van der Waals surface area contributed by atoms with E-state index in [1.807, 2.05) is 31.2 Å². The van der Waals surface area contributed by atoms with Crippen molar-refractivity contribution in [2.75, 3.05) is 18.6 Å². The summed E-state index contributed by atoms with van der Waals surface area (Å²) in [5, 5.41) is 2.78. The van der Waals surface area contributed by atoms with Gasteiger partial charge in [-0.05, 0) is 30.7 Å². The maximum absolute atomic E-state index is 13.3. The van der Waals surface area contributed by atoms with Gasteiger partial charge in [0.15, 0.2) is 0 Å². The number of anilines is 1. The lowest BCUT2D eigenvalue weighted by atomic mass is 10.1. The molecule has 0 aromatic heterocycles. The smallest absolute Gasteiger partial charge is 0.338 e. The van der Waals surface area contributed by atoms with Gasteiger partial charge in [0.25, 0.3) is 5.91 Å². The molecule has 3 rings (SSSR count). The Morgan fingerprint density at radius 3 is 2.42 bits per heavy atom. The molecule has 2 amide bonds. The van der Waals surface area contributed by atoms with E-state index in [4.69, 9.17) is 4.74 Å². The van der Waals surface area contributed by atoms with E-state index >= 15 is 0 Å². The summed E-state index contributed by atoms with van der Waals surface area (Å²) >= 11 is 0. The van der Waals surface area contributed by atoms with Crippen LogP contribution in [-0.2, 0) is 16.0 Å². The van der Waals surface area contributed by atoms with Crippen LogP contribution in [0.5, 0.6) is 0 Å². The zero-order valence-corrected chi connectivity index (χ0v) is 14.7. The predicted octanol–water partition coefficient (Wildman–Crippen LogP) is 2.18. The molecule has 0 spiro atoms. The molecule has 0 saturated carbocycles. The highest BCUT2D eigenvalue weighted by molar-refractivity contribution is 6.15. The first-order valence-corrected chi connectivity index (χ1v) is 8.45. The van der Waals surface area contributed by atoms with Crippen molar-refractivity contribution < 1.29 is 19.1 Å². The highest BCUT2D eigenvalue weighted by atomic mass is 16.5. The summed E-state index contributed by atoms with van der Waals surface area (Å²) in [6, 6.07) is 13.2. The number of carbonyl (C=O) groups is 3. The lowest BCUT2D eigenvalue weighted by Crippen LogP contribution is -2.48. The Morgan fingerprint density at radius 1 is 1.08 bits per heavy atom. The second-order valence-corrected chi connectivity index (χ2v) is 5.96. The number of likely N-dealkylation sites (N-methyl/N-ethyl adjacent to an activating group) is 1. The molecule has 134 valence electrons. The number of hydrogen-bond donors (Lipinski definition) is 1. The van der Waals surface area contributed by atoms with Gasteiger partial charge in [0, 0.05) is 18.7 Å². The van der Waals surface area contributed by atoms with Crippen LogP contribution in [0.3, 0.4) is 0 Å². The van der Waals surface area contributed by atoms with Gasteiger partial charge in [-0.3, -0.25) is 14.5 Å². The standard InChI is InChI=1S/C20H20N2O4/c1-3-21-18(23)17-12-13-8-4-7-11-16(13)22(17)19(24)14-9-5-6-10-15(14)20(25)26-2/h4-11,17H,3,12H2,1-2H3,(H,21,23). The van der Waals surface area contributed by atoms with Crippen LogP contribution in [0.1, 0.15) is 33.2 Å². The molecule has 0 aliphatic carbocycles. The molecule has 26 heavy (non-hydrogen) atoms. The van der Waals surface area contributed by atoms with E-state index in [9.17, 15) is 14.4 Å². The summed E-state index contributed by atoms with van der Waals surface area (Å²) in [6.45, 7) is 2.31. The van der Waals surface area contributed by atoms with Gasteiger partial charge < -0.3 is 10.1 Å². The number of fused-ring (bicyclic) bond motifs is 1. The van der Waals surface area contributed by atoms with E-state index in [1.54, 1.807) is 24.3 Å². The minimum atomic E-state index is -0.648. The quantitative estimate of drug-likeness (QED) is 0.856. The van der Waals surface area contributed by atoms with E-state index in [2.05, 4.69) is 5.32 Å². The van der Waals surface area contributed by atoms with E-state index in [1.165, 1.54) is 12.0 Å². The number of methoxy groups -OCH3 is 1. The third kappa shape index (κ3) is 3.06. The zero-order valence-electron chi connectivity index (χ0n) is 14.7. The summed E-state index contributed by atoms with van der Waals surface area (Å²) in [4.78, 5) is 39.4. The number of esters is 1. The summed E-state index contributed by atoms with van der Waals surface area (Å²) in [5.74, 6) is -1.20. The Kier molecular flexibility index (Phi) is 5.02. The van der Waals surface area contributed by atoms with Crippen LogP contribution in [-0.4, -0.2) is 37.5 Å². The maximum atomic E-state index is 13.3. The number of rotatable bonds is 4. The molecule has 1 N–H and O–H groups in total. The van der Waals surface area contributed by atoms with Crippen molar-refractivity contribution in [3.8, 4) is 0 Å². The molecule has 0 radical (unpaired) electrons. The lowest BCUT2D eigenvalue weighted by Gasteiger charge is -2.25. The van der Waals surface area contributed by atoms with Gasteiger partial charge in [-0.25, -0.2) is 4.79 Å². The molecule has 2 aromatic carbocycles. The van der Waals surface area contributed by atoms with Crippen molar-refractivity contribution in [1.82, 2.24) is 5.32 Å². The van der Waals surface area contributed by atoms with Gasteiger partial charge in [0.1, 0.15) is 6.04 Å². The molecule has 1 aliphatic rings. The normalized spacial score (nSPS) is 15.3. The first-order valence-electron chi connectivity index (χ1n) is 8.45. The van der Waals surface area contributed by atoms with Gasteiger partial charge in [-0.1, -0.05) is 30.3 Å². The SMILES string of the molecule is CCNC(=O)C1Cc2ccccc2N1C(=O)c1ccccc1C(=O)OC. The molecular formula is C20H20N2O4. The summed E-state index contributed by atoms with van der Waals surface area (Å²) in [7, 11) is 1.27. The Morgan fingerprint density at radius 2 is 1.73 bits per heavy atom. The van der Waals surface area contributed by atoms with Crippen molar-refractivity contribution in [2.24, 2.45) is 0 Å². The molecule has 1 atom stereocenters. The van der Waals surface area contributed by atoms with Crippen LogP contribution in [0.25, 0.3) is 0 Å². The number of carbonyl (C=O) groups excluding carboxylic acids is 3. The van der Waals surface area contributed by atoms with Crippen molar-refractivity contribution >= 4 is 23.5 Å². The minimum Gasteiger partial charge on any atom is -0.465 e. The molecule has 0 saturated heterocycles. The van der Waals surface area contributed by atoms with Crippen molar-refractivity contribution in [3.05, 3.63) is 65.2 Å². The lowest BCUT2D eigenvalue weighted by molar-refractivity contribution is -0.122. The number of nitrogens with one attached hydrogen (secondary N) is 1. The van der Waals surface area contributed by atoms with Crippen LogP contribution in [0.15, 0.2) is 48.5 Å². The summed E-state index contributed by atoms with van der Waals surface area (Å²) < 4.78 is 4.78. The molecule has 6 nitrogen and oxygen atoms in total. The first kappa shape index (κ1) is 17.7. The number of nitrogens with zero attached hydrogens (tertiary/aromatic N) is 1. The predicted molar refractivity (Wildman–Crippen MR) is 97.2 cm³/mol. The van der Waals surface area contributed by atoms with E-state index < -0.39 is 17.9 Å². The van der Waals surface area contributed by atoms with Gasteiger partial charge in [-0.15, -0.1) is 0 Å². The fourth-order valence-corrected chi connectivity index (χ4v) is 3.23. The number of benzene rings is 2. The second kappa shape index (κ2) is 7.39. The van der Waals surface area contributed by atoms with Crippen LogP contribution < -0.4 is 10.2 Å². The number of hydrogen-bond acceptors (Lipinski definition) is 4. The summed E-state index contributed by atoms with van der Waals surface area (Å²) in [5.41, 5.74) is 2.01. The van der Waals surface area contributed by atoms with E-state index in [0.29, 0.717) is 18.7 Å². The molecule has 1 heterocycles. The minimum absolute atomic E-state index is 0.180. The zero-order chi connectivity index (χ0) is 18.7. The average molecular weight is 352 g/mol. The molecule has 1 unspecified atom stereocenters. The topological polar surface area (TPSA) is 75.7 Å². The van der Waals surface area contributed by atoms with Crippen LogP contribution in [0.2, 0.25) is 0 Å². The van der Waals surface area contributed by atoms with Gasteiger partial charge in [0.2, 0.25) is 5.91 Å². The third-order valence-electron chi connectivity index (χ3n) is 4.41. The largest absolute Gasteiger partial charge is 0.465 e. The van der Waals surface area contributed by atoms with Crippen molar-refractivity contribution in [3.63, 3.8) is 0 Å². The molecule has 1 aliphatic heterocycles. The number of para-hydroxylation sites is 1. The highest BCUT2D eigenvalue weighted by Gasteiger charge is 2.39. The van der Waals surface area contributed by atoms with E-state index in [0.717, 1.165) is 5.56 Å². The monoisotopic (exact) mass is 352 g/mol. The number of amides is 2. The first-order chi connectivity index (χ1) is 12.6. The van der Waals surface area contributed by atoms with Gasteiger partial charge in [0.05, 0.1) is 18.2 Å². The van der Waals surface area contributed by atoms with Crippen molar-refractivity contribution in [1.29, 1.82) is 0 Å². The molecule has 0 bridgehead atoms. The Bertz CT molecular complexity index is 862. The molecule has 6 heteroatoms. The maximum Gasteiger partial charge on any atom is 0.338 e. The Balaban J connectivity index is 2.06. The highest BCUT2D eigenvalue weighted by Crippen LogP contribution is 2.34. The average Bonchev–Trinajstić information content (AvgIpc) is 3.06. The van der Waals surface area contributed by atoms with E-state index in [-0.39, 0.29) is 17.0 Å².